The number of likely N-dealkylation sites (tertiary alicyclic amines) is 1. The van der Waals surface area contributed by atoms with Crippen LogP contribution in [0.1, 0.15) is 48.0 Å². The molecule has 0 spiro atoms. The van der Waals surface area contributed by atoms with Gasteiger partial charge in [-0.2, -0.15) is 0 Å². The maximum Gasteiger partial charge on any atom is 0.0720 e. The topological polar surface area (TPSA) is 12.5 Å². The van der Waals surface area contributed by atoms with E-state index in [2.05, 4.69) is 53.0 Å². The smallest absolute Gasteiger partial charge is 0.0720 e. The maximum atomic E-state index is 6.02. The minimum Gasteiger partial charge on any atom is -0.377 e. The van der Waals surface area contributed by atoms with E-state index in [-0.39, 0.29) is 0 Å². The fraction of sp³-hybridized carbons (Fsp3) is 0.875. The third-order valence-electron chi connectivity index (χ3n) is 3.80. The van der Waals surface area contributed by atoms with Crippen LogP contribution < -0.4 is 0 Å². The van der Waals surface area contributed by atoms with Gasteiger partial charge < -0.3 is 4.74 Å². The lowest BCUT2D eigenvalue weighted by Crippen LogP contribution is -2.37. The summed E-state index contributed by atoms with van der Waals surface area (Å²) in [5.74, 6) is 1.17. The highest BCUT2D eigenvalue weighted by Crippen LogP contribution is 2.30. The lowest BCUT2D eigenvalue weighted by molar-refractivity contribution is 0.0397. The summed E-state index contributed by atoms with van der Waals surface area (Å²) < 4.78 is 6.02. The van der Waals surface area contributed by atoms with Crippen LogP contribution in [0.5, 0.6) is 0 Å². The van der Waals surface area contributed by atoms with Crippen molar-refractivity contribution < 1.29 is 4.74 Å². The second-order valence-electron chi connectivity index (χ2n) is 6.62. The van der Waals surface area contributed by atoms with Crippen LogP contribution in [-0.4, -0.2) is 36.2 Å². The summed E-state index contributed by atoms with van der Waals surface area (Å²) in [5.41, 5.74) is 1.36. The first kappa shape index (κ1) is 15.7. The van der Waals surface area contributed by atoms with E-state index < -0.39 is 0 Å². The van der Waals surface area contributed by atoms with E-state index in [4.69, 9.17) is 4.74 Å². The van der Waals surface area contributed by atoms with Crippen molar-refractivity contribution in [3.8, 4) is 0 Å². The molecule has 1 aliphatic rings. The molecular formula is C16H31NO. The van der Waals surface area contributed by atoms with Crippen molar-refractivity contribution in [3.05, 3.63) is 12.2 Å². The second-order valence-corrected chi connectivity index (χ2v) is 6.62. The van der Waals surface area contributed by atoms with Gasteiger partial charge in [-0.25, -0.2) is 0 Å². The predicted molar refractivity (Wildman–Crippen MR) is 78.8 cm³/mol. The Kier molecular flexibility index (Phi) is 5.87. The van der Waals surface area contributed by atoms with Gasteiger partial charge in [-0.3, -0.25) is 4.90 Å². The van der Waals surface area contributed by atoms with Crippen LogP contribution in [0.25, 0.3) is 0 Å². The van der Waals surface area contributed by atoms with E-state index in [0.717, 1.165) is 19.6 Å². The standard InChI is InChI=1S/C16H31NO/c1-11(2)10-18-15-8-16(14(7)12(3)4)17(9-15)13(5)6/h11-13,15-16H,7-10H2,1-6H3/t15-,16-/m0/s1. The van der Waals surface area contributed by atoms with Crippen LogP contribution in [0.3, 0.4) is 0 Å². The highest BCUT2D eigenvalue weighted by molar-refractivity contribution is 5.13. The highest BCUT2D eigenvalue weighted by Gasteiger charge is 2.36. The molecule has 0 aromatic heterocycles. The molecule has 0 unspecified atom stereocenters. The van der Waals surface area contributed by atoms with Gasteiger partial charge in [0.25, 0.3) is 0 Å². The van der Waals surface area contributed by atoms with E-state index in [9.17, 15) is 0 Å². The Balaban J connectivity index is 2.62. The summed E-state index contributed by atoms with van der Waals surface area (Å²) in [6.07, 6.45) is 1.50. The molecule has 1 aliphatic heterocycles. The average Bonchev–Trinajstić information content (AvgIpc) is 2.69. The first-order valence-electron chi connectivity index (χ1n) is 7.39. The molecule has 0 saturated carbocycles. The van der Waals surface area contributed by atoms with Gasteiger partial charge >= 0.3 is 0 Å². The molecular weight excluding hydrogens is 222 g/mol. The molecule has 0 radical (unpaired) electrons. The van der Waals surface area contributed by atoms with Gasteiger partial charge in [0.05, 0.1) is 6.10 Å². The molecule has 0 amide bonds. The summed E-state index contributed by atoms with van der Waals surface area (Å²) in [5, 5.41) is 0. The van der Waals surface area contributed by atoms with Crippen molar-refractivity contribution in [1.82, 2.24) is 4.90 Å². The molecule has 2 nitrogen and oxygen atoms in total. The average molecular weight is 253 g/mol. The fourth-order valence-electron chi connectivity index (χ4n) is 2.59. The lowest BCUT2D eigenvalue weighted by Gasteiger charge is -2.30. The molecule has 0 aliphatic carbocycles. The largest absolute Gasteiger partial charge is 0.377 e. The van der Waals surface area contributed by atoms with E-state index in [1.54, 1.807) is 0 Å². The lowest BCUT2D eigenvalue weighted by atomic mass is 9.95. The highest BCUT2D eigenvalue weighted by atomic mass is 16.5. The van der Waals surface area contributed by atoms with Crippen molar-refractivity contribution >= 4 is 0 Å². The zero-order valence-electron chi connectivity index (χ0n) is 13.1. The Morgan fingerprint density at radius 2 is 1.83 bits per heavy atom. The van der Waals surface area contributed by atoms with Crippen molar-refractivity contribution in [2.45, 2.75) is 66.2 Å². The molecule has 1 saturated heterocycles. The Hall–Kier alpha value is -0.340. The quantitative estimate of drug-likeness (QED) is 0.669. The summed E-state index contributed by atoms with van der Waals surface area (Å²) in [4.78, 5) is 2.55. The van der Waals surface area contributed by atoms with Gasteiger partial charge in [-0.15, -0.1) is 0 Å². The molecule has 1 heterocycles. The SMILES string of the molecule is C=C(C(C)C)[C@@H]1C[C@H](OCC(C)C)CN1C(C)C. The Morgan fingerprint density at radius 1 is 1.22 bits per heavy atom. The van der Waals surface area contributed by atoms with E-state index in [0.29, 0.717) is 30.0 Å². The number of hydrogen-bond acceptors (Lipinski definition) is 2. The number of nitrogens with zero attached hydrogens (tertiary/aromatic N) is 1. The molecule has 1 fully saturated rings. The van der Waals surface area contributed by atoms with Gasteiger partial charge in [0.1, 0.15) is 0 Å². The Labute approximate surface area is 113 Å². The first-order chi connectivity index (χ1) is 8.32. The van der Waals surface area contributed by atoms with Crippen molar-refractivity contribution in [1.29, 1.82) is 0 Å². The van der Waals surface area contributed by atoms with Crippen molar-refractivity contribution in [2.24, 2.45) is 11.8 Å². The maximum absolute atomic E-state index is 6.02. The van der Waals surface area contributed by atoms with E-state index >= 15 is 0 Å². The zero-order valence-corrected chi connectivity index (χ0v) is 13.1. The third-order valence-corrected chi connectivity index (χ3v) is 3.80. The zero-order chi connectivity index (χ0) is 13.9. The molecule has 2 atom stereocenters. The van der Waals surface area contributed by atoms with Gasteiger partial charge in [-0.05, 0) is 32.1 Å². The Morgan fingerprint density at radius 3 is 2.28 bits per heavy atom. The van der Waals surface area contributed by atoms with Crippen LogP contribution >= 0.6 is 0 Å². The number of ether oxygens (including phenoxy) is 1. The van der Waals surface area contributed by atoms with Crippen LogP contribution in [0.2, 0.25) is 0 Å². The Bertz CT molecular complexity index is 270. The summed E-state index contributed by atoms with van der Waals surface area (Å²) in [6.45, 7) is 19.7. The number of hydrogen-bond donors (Lipinski definition) is 0. The molecule has 2 heteroatoms. The predicted octanol–water partition coefficient (Wildman–Crippen LogP) is 3.72. The second kappa shape index (κ2) is 6.72. The molecule has 0 aromatic carbocycles. The minimum atomic E-state index is 0.385. The van der Waals surface area contributed by atoms with E-state index in [1.807, 2.05) is 0 Å². The molecule has 0 N–H and O–H groups in total. The first-order valence-corrected chi connectivity index (χ1v) is 7.39. The summed E-state index contributed by atoms with van der Waals surface area (Å²) >= 11 is 0. The fourth-order valence-corrected chi connectivity index (χ4v) is 2.59. The molecule has 0 aromatic rings. The molecule has 106 valence electrons. The molecule has 18 heavy (non-hydrogen) atoms. The molecule has 0 bridgehead atoms. The van der Waals surface area contributed by atoms with Crippen molar-refractivity contribution in [3.63, 3.8) is 0 Å². The number of rotatable bonds is 6. The van der Waals surface area contributed by atoms with E-state index in [1.165, 1.54) is 5.57 Å². The molecule has 1 rings (SSSR count). The summed E-state index contributed by atoms with van der Waals surface area (Å²) in [6, 6.07) is 1.07. The van der Waals surface area contributed by atoms with Gasteiger partial charge in [-0.1, -0.05) is 39.8 Å². The van der Waals surface area contributed by atoms with Crippen LogP contribution in [0, 0.1) is 11.8 Å². The third kappa shape index (κ3) is 4.10. The van der Waals surface area contributed by atoms with Crippen LogP contribution in [0.4, 0.5) is 0 Å². The van der Waals surface area contributed by atoms with Crippen LogP contribution in [0.15, 0.2) is 12.2 Å². The van der Waals surface area contributed by atoms with Crippen LogP contribution in [-0.2, 0) is 4.74 Å². The normalized spacial score (nSPS) is 25.6. The monoisotopic (exact) mass is 253 g/mol. The minimum absolute atomic E-state index is 0.385. The van der Waals surface area contributed by atoms with Gasteiger partial charge in [0.15, 0.2) is 0 Å². The van der Waals surface area contributed by atoms with Gasteiger partial charge in [0, 0.05) is 25.2 Å². The summed E-state index contributed by atoms with van der Waals surface area (Å²) in [7, 11) is 0. The van der Waals surface area contributed by atoms with Crippen molar-refractivity contribution in [2.75, 3.05) is 13.2 Å². The van der Waals surface area contributed by atoms with Gasteiger partial charge in [0.2, 0.25) is 0 Å².